The molecule has 1 aromatic carbocycles. The van der Waals surface area contributed by atoms with E-state index in [1.165, 1.54) is 18.4 Å². The lowest BCUT2D eigenvalue weighted by atomic mass is 10.1. The highest BCUT2D eigenvalue weighted by Gasteiger charge is 2.18. The van der Waals surface area contributed by atoms with Gasteiger partial charge in [-0.25, -0.2) is 4.39 Å². The predicted octanol–water partition coefficient (Wildman–Crippen LogP) is 3.21. The van der Waals surface area contributed by atoms with Crippen LogP contribution in [-0.2, 0) is 6.42 Å². The molecule has 1 heterocycles. The molecule has 0 bridgehead atoms. The van der Waals surface area contributed by atoms with Gasteiger partial charge in [-0.1, -0.05) is 19.9 Å². The molecule has 2 rings (SSSR count). The second kappa shape index (κ2) is 6.90. The Morgan fingerprint density at radius 2 is 2.16 bits per heavy atom. The second-order valence-electron chi connectivity index (χ2n) is 5.80. The third kappa shape index (κ3) is 4.20. The van der Waals surface area contributed by atoms with Gasteiger partial charge in [0.2, 0.25) is 0 Å². The van der Waals surface area contributed by atoms with Crippen LogP contribution in [0.2, 0.25) is 0 Å². The average molecular weight is 264 g/mol. The summed E-state index contributed by atoms with van der Waals surface area (Å²) < 4.78 is 13.3. The summed E-state index contributed by atoms with van der Waals surface area (Å²) in [4.78, 5) is 2.29. The Balaban J connectivity index is 1.70. The minimum atomic E-state index is -0.129. The Labute approximate surface area is 116 Å². The molecule has 2 nitrogen and oxygen atoms in total. The first-order chi connectivity index (χ1) is 9.16. The lowest BCUT2D eigenvalue weighted by Crippen LogP contribution is -2.31. The molecule has 0 atom stereocenters. The maximum Gasteiger partial charge on any atom is 0.125 e. The minimum absolute atomic E-state index is 0.129. The number of nitrogens with one attached hydrogen (secondary N) is 1. The van der Waals surface area contributed by atoms with E-state index in [9.17, 15) is 4.39 Å². The first-order valence-electron chi connectivity index (χ1n) is 7.41. The molecule has 0 spiro atoms. The highest BCUT2D eigenvalue weighted by molar-refractivity contribution is 5.58. The molecule has 0 saturated carbocycles. The number of nitrogens with zero attached hydrogens (tertiary/aromatic N) is 1. The van der Waals surface area contributed by atoms with Gasteiger partial charge in [-0.05, 0) is 49.4 Å². The van der Waals surface area contributed by atoms with Crippen molar-refractivity contribution in [3.8, 4) is 0 Å². The monoisotopic (exact) mass is 264 g/mol. The van der Waals surface area contributed by atoms with Gasteiger partial charge in [-0.2, -0.15) is 0 Å². The molecule has 1 aliphatic heterocycles. The summed E-state index contributed by atoms with van der Waals surface area (Å²) in [5.41, 5.74) is 2.37. The van der Waals surface area contributed by atoms with Gasteiger partial charge in [-0.3, -0.25) is 0 Å². The maximum atomic E-state index is 13.3. The van der Waals surface area contributed by atoms with Gasteiger partial charge >= 0.3 is 0 Å². The topological polar surface area (TPSA) is 15.3 Å². The summed E-state index contributed by atoms with van der Waals surface area (Å²) in [5, 5.41) is 3.48. The van der Waals surface area contributed by atoms with Crippen molar-refractivity contribution in [2.45, 2.75) is 33.1 Å². The highest BCUT2D eigenvalue weighted by atomic mass is 19.1. The van der Waals surface area contributed by atoms with Crippen molar-refractivity contribution >= 4 is 5.69 Å². The molecule has 1 N–H and O–H groups in total. The van der Waals surface area contributed by atoms with Gasteiger partial charge in [0.1, 0.15) is 5.82 Å². The third-order valence-electron chi connectivity index (χ3n) is 3.73. The summed E-state index contributed by atoms with van der Waals surface area (Å²) in [7, 11) is 0. The van der Waals surface area contributed by atoms with Gasteiger partial charge in [0.15, 0.2) is 0 Å². The van der Waals surface area contributed by atoms with Crippen LogP contribution in [-0.4, -0.2) is 26.2 Å². The minimum Gasteiger partial charge on any atom is -0.370 e. The van der Waals surface area contributed by atoms with Crippen molar-refractivity contribution in [2.75, 3.05) is 31.1 Å². The number of anilines is 1. The largest absolute Gasteiger partial charge is 0.370 e. The fraction of sp³-hybridized carbons (Fsp3) is 0.625. The number of hydrogen-bond donors (Lipinski definition) is 1. The van der Waals surface area contributed by atoms with E-state index >= 15 is 0 Å². The maximum absolute atomic E-state index is 13.3. The van der Waals surface area contributed by atoms with E-state index in [0.29, 0.717) is 0 Å². The van der Waals surface area contributed by atoms with Gasteiger partial charge in [0.05, 0.1) is 0 Å². The Kier molecular flexibility index (Phi) is 5.20. The van der Waals surface area contributed by atoms with Crippen LogP contribution >= 0.6 is 0 Å². The van der Waals surface area contributed by atoms with E-state index in [0.717, 1.165) is 44.2 Å². The number of rotatable bonds is 7. The van der Waals surface area contributed by atoms with Crippen LogP contribution in [0.4, 0.5) is 10.1 Å². The fourth-order valence-electron chi connectivity index (χ4n) is 2.63. The fourth-order valence-corrected chi connectivity index (χ4v) is 2.63. The van der Waals surface area contributed by atoms with Crippen LogP contribution in [0.25, 0.3) is 0 Å². The van der Waals surface area contributed by atoms with Gasteiger partial charge in [-0.15, -0.1) is 0 Å². The average Bonchev–Trinajstić information content (AvgIpc) is 2.76. The summed E-state index contributed by atoms with van der Waals surface area (Å²) >= 11 is 0. The standard InChI is InChI=1S/C16H25FN2/c1-13(2)4-3-8-18-9-11-19-10-7-14-5-6-15(17)12-16(14)19/h5-6,12-13,18H,3-4,7-11H2,1-2H3. The number of hydrogen-bond acceptors (Lipinski definition) is 2. The van der Waals surface area contributed by atoms with E-state index in [2.05, 4.69) is 24.1 Å². The quantitative estimate of drug-likeness (QED) is 0.761. The molecule has 0 saturated heterocycles. The normalized spacial score (nSPS) is 14.2. The SMILES string of the molecule is CC(C)CCCNCCN1CCc2ccc(F)cc21. The van der Waals surface area contributed by atoms with Gasteiger partial charge in [0.25, 0.3) is 0 Å². The van der Waals surface area contributed by atoms with Crippen molar-refractivity contribution in [2.24, 2.45) is 5.92 Å². The van der Waals surface area contributed by atoms with Crippen molar-refractivity contribution in [3.63, 3.8) is 0 Å². The Morgan fingerprint density at radius 1 is 1.32 bits per heavy atom. The molecule has 0 aromatic heterocycles. The van der Waals surface area contributed by atoms with E-state index in [-0.39, 0.29) is 5.82 Å². The highest BCUT2D eigenvalue weighted by Crippen LogP contribution is 2.27. The Bertz CT molecular complexity index is 404. The zero-order valence-electron chi connectivity index (χ0n) is 12.1. The molecular weight excluding hydrogens is 239 g/mol. The lowest BCUT2D eigenvalue weighted by Gasteiger charge is -2.19. The molecule has 19 heavy (non-hydrogen) atoms. The van der Waals surface area contributed by atoms with Crippen LogP contribution < -0.4 is 10.2 Å². The summed E-state index contributed by atoms with van der Waals surface area (Å²) in [6.45, 7) is 8.58. The van der Waals surface area contributed by atoms with E-state index in [1.807, 2.05) is 6.07 Å². The summed E-state index contributed by atoms with van der Waals surface area (Å²) in [5.74, 6) is 0.658. The number of fused-ring (bicyclic) bond motifs is 1. The molecule has 1 aliphatic rings. The van der Waals surface area contributed by atoms with Crippen molar-refractivity contribution < 1.29 is 4.39 Å². The zero-order valence-corrected chi connectivity index (χ0v) is 12.1. The Morgan fingerprint density at radius 3 is 2.95 bits per heavy atom. The summed E-state index contributed by atoms with van der Waals surface area (Å²) in [6.07, 6.45) is 3.57. The Hall–Kier alpha value is -1.09. The summed E-state index contributed by atoms with van der Waals surface area (Å²) in [6, 6.07) is 5.15. The molecule has 0 aliphatic carbocycles. The predicted molar refractivity (Wildman–Crippen MR) is 79.3 cm³/mol. The van der Waals surface area contributed by atoms with Crippen LogP contribution in [0.1, 0.15) is 32.3 Å². The molecule has 0 unspecified atom stereocenters. The zero-order chi connectivity index (χ0) is 13.7. The molecule has 0 amide bonds. The van der Waals surface area contributed by atoms with Crippen LogP contribution in [0.15, 0.2) is 18.2 Å². The molecule has 106 valence electrons. The number of benzene rings is 1. The first kappa shape index (κ1) is 14.3. The second-order valence-corrected chi connectivity index (χ2v) is 5.80. The molecule has 3 heteroatoms. The van der Waals surface area contributed by atoms with E-state index < -0.39 is 0 Å². The molecular formula is C16H25FN2. The van der Waals surface area contributed by atoms with Crippen molar-refractivity contribution in [3.05, 3.63) is 29.6 Å². The van der Waals surface area contributed by atoms with E-state index in [1.54, 1.807) is 12.1 Å². The van der Waals surface area contributed by atoms with Crippen molar-refractivity contribution in [1.29, 1.82) is 0 Å². The number of halogens is 1. The smallest absolute Gasteiger partial charge is 0.125 e. The lowest BCUT2D eigenvalue weighted by molar-refractivity contribution is 0.528. The van der Waals surface area contributed by atoms with Crippen molar-refractivity contribution in [1.82, 2.24) is 5.32 Å². The molecule has 0 radical (unpaired) electrons. The van der Waals surface area contributed by atoms with Crippen LogP contribution in [0.5, 0.6) is 0 Å². The van der Waals surface area contributed by atoms with E-state index in [4.69, 9.17) is 0 Å². The van der Waals surface area contributed by atoms with Gasteiger partial charge in [0, 0.05) is 25.3 Å². The van der Waals surface area contributed by atoms with Crippen LogP contribution in [0, 0.1) is 11.7 Å². The third-order valence-corrected chi connectivity index (χ3v) is 3.73. The van der Waals surface area contributed by atoms with Gasteiger partial charge < -0.3 is 10.2 Å². The molecule has 1 aromatic rings. The first-order valence-corrected chi connectivity index (χ1v) is 7.41. The van der Waals surface area contributed by atoms with Crippen LogP contribution in [0.3, 0.4) is 0 Å². The molecule has 0 fully saturated rings.